The van der Waals surface area contributed by atoms with E-state index < -0.39 is 5.97 Å². The molecule has 0 amide bonds. The third kappa shape index (κ3) is 4.79. The first-order valence-electron chi connectivity index (χ1n) is 8.72. The van der Waals surface area contributed by atoms with Crippen molar-refractivity contribution in [3.63, 3.8) is 0 Å². The maximum atomic E-state index is 13.4. The second-order valence-electron chi connectivity index (χ2n) is 6.62. The molecule has 0 aromatic heterocycles. The summed E-state index contributed by atoms with van der Waals surface area (Å²) in [5, 5.41) is 9.24. The van der Waals surface area contributed by atoms with Gasteiger partial charge in [-0.25, -0.2) is 8.78 Å². The van der Waals surface area contributed by atoms with Crippen LogP contribution >= 0.6 is 0 Å². The number of carbonyl (C=O) groups is 1. The predicted octanol–water partition coefficient (Wildman–Crippen LogP) is 3.52. The van der Waals surface area contributed by atoms with E-state index in [0.717, 1.165) is 37.2 Å². The summed E-state index contributed by atoms with van der Waals surface area (Å²) in [7, 11) is 0. The lowest BCUT2D eigenvalue weighted by molar-refractivity contribution is -0.139. The molecule has 2 aromatic rings. The molecule has 0 saturated carbocycles. The minimum Gasteiger partial charge on any atom is -0.480 e. The van der Waals surface area contributed by atoms with Crippen molar-refractivity contribution in [1.82, 2.24) is 4.90 Å². The van der Waals surface area contributed by atoms with Gasteiger partial charge in [-0.3, -0.25) is 9.69 Å². The van der Waals surface area contributed by atoms with Crippen molar-refractivity contribution in [2.45, 2.75) is 25.4 Å². The van der Waals surface area contributed by atoms with E-state index in [0.29, 0.717) is 6.54 Å². The van der Waals surface area contributed by atoms with Gasteiger partial charge in [-0.2, -0.15) is 0 Å². The van der Waals surface area contributed by atoms with Gasteiger partial charge in [0.2, 0.25) is 0 Å². The summed E-state index contributed by atoms with van der Waals surface area (Å²) in [4.78, 5) is 15.3. The molecule has 1 aliphatic heterocycles. The highest BCUT2D eigenvalue weighted by Gasteiger charge is 2.26. The van der Waals surface area contributed by atoms with Crippen LogP contribution in [0.3, 0.4) is 0 Å². The van der Waals surface area contributed by atoms with Crippen molar-refractivity contribution in [1.29, 1.82) is 0 Å². The quantitative estimate of drug-likeness (QED) is 0.856. The highest BCUT2D eigenvalue weighted by molar-refractivity contribution is 5.69. The van der Waals surface area contributed by atoms with Gasteiger partial charge in [0.05, 0.1) is 6.54 Å². The fourth-order valence-corrected chi connectivity index (χ4v) is 3.47. The Bertz CT molecular complexity index is 744. The number of benzene rings is 2. The minimum atomic E-state index is -0.875. The lowest BCUT2D eigenvalue weighted by atomic mass is 10.0. The molecule has 0 bridgehead atoms. The Balaban J connectivity index is 1.64. The number of anilines is 1. The zero-order valence-corrected chi connectivity index (χ0v) is 14.4. The number of hydrogen-bond acceptors (Lipinski definition) is 3. The van der Waals surface area contributed by atoms with Gasteiger partial charge in [-0.05, 0) is 48.7 Å². The van der Waals surface area contributed by atoms with Gasteiger partial charge in [-0.1, -0.05) is 18.2 Å². The Morgan fingerprint density at radius 2 is 1.77 bits per heavy atom. The molecule has 0 atom stereocenters. The largest absolute Gasteiger partial charge is 0.480 e. The summed E-state index contributed by atoms with van der Waals surface area (Å²) in [6.45, 7) is 1.90. The van der Waals surface area contributed by atoms with Crippen molar-refractivity contribution in [2.24, 2.45) is 0 Å². The van der Waals surface area contributed by atoms with Crippen LogP contribution in [0, 0.1) is 11.6 Å². The lowest BCUT2D eigenvalue weighted by Crippen LogP contribution is -2.46. The maximum absolute atomic E-state index is 13.4. The van der Waals surface area contributed by atoms with Gasteiger partial charge in [0.15, 0.2) is 0 Å². The molecular formula is C20H22F2N2O2. The Morgan fingerprint density at radius 1 is 1.08 bits per heavy atom. The molecule has 3 rings (SSSR count). The third-order valence-corrected chi connectivity index (χ3v) is 4.79. The maximum Gasteiger partial charge on any atom is 0.317 e. The standard InChI is InChI=1S/C20H22F2N2O2/c21-16-6-4-15(5-7-16)13-24(14-20(25)26)18-8-10-23(11-9-18)19-3-1-2-17(22)12-19/h1-7,12,18H,8-11,13-14H2,(H,25,26). The smallest absolute Gasteiger partial charge is 0.317 e. The Morgan fingerprint density at radius 3 is 2.38 bits per heavy atom. The number of hydrogen-bond donors (Lipinski definition) is 1. The molecule has 1 N–H and O–H groups in total. The summed E-state index contributed by atoms with van der Waals surface area (Å²) < 4.78 is 26.5. The monoisotopic (exact) mass is 360 g/mol. The Labute approximate surface area is 151 Å². The van der Waals surface area contributed by atoms with Gasteiger partial charge < -0.3 is 10.0 Å². The van der Waals surface area contributed by atoms with Crippen molar-refractivity contribution in [3.05, 3.63) is 65.7 Å². The molecule has 138 valence electrons. The number of piperidine rings is 1. The van der Waals surface area contributed by atoms with E-state index in [4.69, 9.17) is 0 Å². The van der Waals surface area contributed by atoms with Gasteiger partial charge in [0.1, 0.15) is 11.6 Å². The van der Waals surface area contributed by atoms with Gasteiger partial charge in [-0.15, -0.1) is 0 Å². The second-order valence-corrected chi connectivity index (χ2v) is 6.62. The van der Waals surface area contributed by atoms with Crippen LogP contribution in [0.15, 0.2) is 48.5 Å². The molecule has 4 nitrogen and oxygen atoms in total. The SMILES string of the molecule is O=C(O)CN(Cc1ccc(F)cc1)C1CCN(c2cccc(F)c2)CC1. The number of halogens is 2. The van der Waals surface area contributed by atoms with E-state index in [2.05, 4.69) is 4.90 Å². The van der Waals surface area contributed by atoms with Gasteiger partial charge in [0, 0.05) is 31.4 Å². The van der Waals surface area contributed by atoms with Crippen molar-refractivity contribution in [2.75, 3.05) is 24.5 Å². The van der Waals surface area contributed by atoms with Crippen LogP contribution in [-0.2, 0) is 11.3 Å². The highest BCUT2D eigenvalue weighted by atomic mass is 19.1. The number of aliphatic carboxylic acids is 1. The molecule has 0 spiro atoms. The molecular weight excluding hydrogens is 338 g/mol. The Kier molecular flexibility index (Phi) is 5.83. The summed E-state index contributed by atoms with van der Waals surface area (Å²) in [6.07, 6.45) is 1.59. The van der Waals surface area contributed by atoms with Crippen molar-refractivity contribution < 1.29 is 18.7 Å². The summed E-state index contributed by atoms with van der Waals surface area (Å²) in [5.74, 6) is -1.44. The fourth-order valence-electron chi connectivity index (χ4n) is 3.47. The summed E-state index contributed by atoms with van der Waals surface area (Å²) in [5.41, 5.74) is 1.74. The second kappa shape index (κ2) is 8.27. The summed E-state index contributed by atoms with van der Waals surface area (Å²) >= 11 is 0. The number of nitrogens with zero attached hydrogens (tertiary/aromatic N) is 2. The van der Waals surface area contributed by atoms with E-state index in [1.807, 2.05) is 11.0 Å². The number of rotatable bonds is 6. The van der Waals surface area contributed by atoms with Crippen LogP contribution in [0.25, 0.3) is 0 Å². The van der Waals surface area contributed by atoms with Gasteiger partial charge >= 0.3 is 5.97 Å². The first-order valence-corrected chi connectivity index (χ1v) is 8.72. The van der Waals surface area contributed by atoms with Crippen LogP contribution in [0.1, 0.15) is 18.4 Å². The van der Waals surface area contributed by atoms with E-state index in [1.54, 1.807) is 18.2 Å². The molecule has 6 heteroatoms. The van der Waals surface area contributed by atoms with Gasteiger partial charge in [0.25, 0.3) is 0 Å². The molecule has 1 fully saturated rings. The van der Waals surface area contributed by atoms with E-state index in [9.17, 15) is 18.7 Å². The minimum absolute atomic E-state index is 0.0536. The lowest BCUT2D eigenvalue weighted by Gasteiger charge is -2.39. The molecule has 1 aliphatic rings. The van der Waals surface area contributed by atoms with E-state index in [1.165, 1.54) is 24.3 Å². The van der Waals surface area contributed by atoms with Crippen molar-refractivity contribution in [3.8, 4) is 0 Å². The molecule has 2 aromatic carbocycles. The van der Waals surface area contributed by atoms with Crippen LogP contribution in [0.5, 0.6) is 0 Å². The zero-order chi connectivity index (χ0) is 18.5. The molecule has 0 aliphatic carbocycles. The number of carboxylic acid groups (broad SMARTS) is 1. The molecule has 1 heterocycles. The van der Waals surface area contributed by atoms with Crippen LogP contribution in [0.4, 0.5) is 14.5 Å². The molecule has 26 heavy (non-hydrogen) atoms. The fraction of sp³-hybridized carbons (Fsp3) is 0.350. The van der Waals surface area contributed by atoms with Crippen LogP contribution in [-0.4, -0.2) is 41.7 Å². The Hall–Kier alpha value is -2.47. The van der Waals surface area contributed by atoms with Crippen molar-refractivity contribution >= 4 is 11.7 Å². The molecule has 0 unspecified atom stereocenters. The number of carboxylic acids is 1. The van der Waals surface area contributed by atoms with Crippen LogP contribution in [0.2, 0.25) is 0 Å². The summed E-state index contributed by atoms with van der Waals surface area (Å²) in [6, 6.07) is 12.8. The normalized spacial score (nSPS) is 15.4. The van der Waals surface area contributed by atoms with Crippen LogP contribution < -0.4 is 4.90 Å². The third-order valence-electron chi connectivity index (χ3n) is 4.79. The highest BCUT2D eigenvalue weighted by Crippen LogP contribution is 2.24. The predicted molar refractivity (Wildman–Crippen MR) is 96.1 cm³/mol. The topological polar surface area (TPSA) is 43.8 Å². The van der Waals surface area contributed by atoms with E-state index >= 15 is 0 Å². The zero-order valence-electron chi connectivity index (χ0n) is 14.4. The average Bonchev–Trinajstić information content (AvgIpc) is 2.63. The first-order chi connectivity index (χ1) is 12.5. The molecule has 0 radical (unpaired) electrons. The average molecular weight is 360 g/mol. The molecule has 1 saturated heterocycles. The first kappa shape index (κ1) is 18.3. The van der Waals surface area contributed by atoms with E-state index in [-0.39, 0.29) is 24.2 Å².